The monoisotopic (exact) mass is 549 g/mol. The maximum atomic E-state index is 13.5. The van der Waals surface area contributed by atoms with Gasteiger partial charge in [-0.15, -0.1) is 0 Å². The van der Waals surface area contributed by atoms with Gasteiger partial charge in [0.1, 0.15) is 17.4 Å². The molecule has 0 fully saturated rings. The zero-order valence-electron chi connectivity index (χ0n) is 23.2. The Morgan fingerprint density at radius 1 is 1.10 bits per heavy atom. The molecule has 3 atom stereocenters. The molecule has 1 unspecified atom stereocenters. The number of benzene rings is 2. The van der Waals surface area contributed by atoms with Crippen molar-refractivity contribution in [3.05, 3.63) is 89.6 Å². The van der Waals surface area contributed by atoms with Crippen LogP contribution >= 0.6 is 0 Å². The van der Waals surface area contributed by atoms with Gasteiger partial charge in [-0.05, 0) is 48.9 Å². The Balaban J connectivity index is 1.78. The highest BCUT2D eigenvalue weighted by Crippen LogP contribution is 2.28. The fourth-order valence-corrected chi connectivity index (χ4v) is 4.28. The molecule has 1 aliphatic rings. The first kappa shape index (κ1) is 30.6. The van der Waals surface area contributed by atoms with Crippen LogP contribution in [-0.4, -0.2) is 42.0 Å². The van der Waals surface area contributed by atoms with Crippen LogP contribution in [0, 0.1) is 5.92 Å². The van der Waals surface area contributed by atoms with Gasteiger partial charge >= 0.3 is 18.0 Å². The number of fused-ring (bicyclic) bond motifs is 1. The Morgan fingerprint density at radius 2 is 1.90 bits per heavy atom. The van der Waals surface area contributed by atoms with Crippen molar-refractivity contribution in [3.8, 4) is 5.75 Å². The van der Waals surface area contributed by atoms with Gasteiger partial charge in [-0.2, -0.15) is 0 Å². The molecule has 8 nitrogen and oxygen atoms in total. The second kappa shape index (κ2) is 16.3. The number of unbranched alkanes of at least 4 members (excludes halogenated alkanes) is 2. The zero-order valence-corrected chi connectivity index (χ0v) is 23.2. The van der Waals surface area contributed by atoms with E-state index >= 15 is 0 Å². The fraction of sp³-hybridized carbons (Fsp3) is 0.406. The van der Waals surface area contributed by atoms with Crippen molar-refractivity contribution >= 4 is 18.0 Å². The van der Waals surface area contributed by atoms with E-state index < -0.39 is 30.2 Å². The number of hydrogen-bond donors (Lipinski definition) is 2. The van der Waals surface area contributed by atoms with Gasteiger partial charge in [0, 0.05) is 19.0 Å². The van der Waals surface area contributed by atoms with Crippen molar-refractivity contribution in [1.29, 1.82) is 0 Å². The molecular weight excluding hydrogens is 510 g/mol. The molecule has 2 aromatic carbocycles. The topological polar surface area (TPSA) is 111 Å². The number of hydrogen-bond acceptors (Lipinski definition) is 7. The van der Waals surface area contributed by atoms with E-state index in [1.165, 1.54) is 6.20 Å². The molecule has 0 radical (unpaired) electrons. The number of ether oxygens (including phenoxy) is 3. The van der Waals surface area contributed by atoms with E-state index in [-0.39, 0.29) is 30.1 Å². The summed E-state index contributed by atoms with van der Waals surface area (Å²) in [6.07, 6.45) is 9.46. The minimum atomic E-state index is -0.711. The number of esters is 2. The molecule has 1 aliphatic heterocycles. The number of nitrogens with one attached hydrogen (secondary N) is 1. The second-order valence-corrected chi connectivity index (χ2v) is 9.89. The van der Waals surface area contributed by atoms with Crippen LogP contribution < -0.4 is 10.1 Å². The van der Waals surface area contributed by atoms with Gasteiger partial charge in [0.25, 0.3) is 0 Å². The number of aliphatic hydroxyl groups is 1. The molecule has 1 amide bonds. The minimum Gasteiger partial charge on any atom is -0.458 e. The summed E-state index contributed by atoms with van der Waals surface area (Å²) in [5.41, 5.74) is 1.19. The summed E-state index contributed by atoms with van der Waals surface area (Å²) in [7, 11) is 0. The van der Waals surface area contributed by atoms with Gasteiger partial charge in [0.2, 0.25) is 0 Å². The van der Waals surface area contributed by atoms with Gasteiger partial charge in [0.15, 0.2) is 0 Å². The normalized spacial score (nSPS) is 19.6. The predicted molar refractivity (Wildman–Crippen MR) is 152 cm³/mol. The molecule has 0 saturated heterocycles. The van der Waals surface area contributed by atoms with Crippen LogP contribution in [0.25, 0.3) is 0 Å². The molecule has 0 spiro atoms. The van der Waals surface area contributed by atoms with Crippen LogP contribution in [0.1, 0.15) is 78.7 Å². The maximum absolute atomic E-state index is 13.5. The lowest BCUT2D eigenvalue weighted by Crippen LogP contribution is -2.28. The highest BCUT2D eigenvalue weighted by molar-refractivity contribution is 5.97. The molecule has 0 saturated carbocycles. The van der Waals surface area contributed by atoms with E-state index in [2.05, 4.69) is 12.2 Å². The number of rotatable bonds is 9. The van der Waals surface area contributed by atoms with Crippen LogP contribution in [0.4, 0.5) is 4.79 Å². The quantitative estimate of drug-likeness (QED) is 0.167. The molecule has 2 aromatic rings. The molecule has 0 bridgehead atoms. The van der Waals surface area contributed by atoms with E-state index in [4.69, 9.17) is 14.2 Å². The summed E-state index contributed by atoms with van der Waals surface area (Å²) >= 11 is 0. The SMILES string of the molecule is CCCCCOC(=O)NC=CCC1C[C@@H](O)[C@@H](C)CC=CCc2cccc(OC(=O)c3ccccc3)c2C(=O)O1. The number of allylic oxidation sites excluding steroid dienone is 2. The van der Waals surface area contributed by atoms with Crippen molar-refractivity contribution in [2.75, 3.05) is 6.61 Å². The fourth-order valence-electron chi connectivity index (χ4n) is 4.28. The summed E-state index contributed by atoms with van der Waals surface area (Å²) in [6, 6.07) is 13.6. The lowest BCUT2D eigenvalue weighted by atomic mass is 9.93. The summed E-state index contributed by atoms with van der Waals surface area (Å²) < 4.78 is 16.7. The van der Waals surface area contributed by atoms with Crippen LogP contribution in [-0.2, 0) is 15.9 Å². The zero-order chi connectivity index (χ0) is 28.7. The Labute approximate surface area is 236 Å². The maximum Gasteiger partial charge on any atom is 0.411 e. The van der Waals surface area contributed by atoms with Crippen molar-refractivity contribution in [2.24, 2.45) is 5.92 Å². The minimum absolute atomic E-state index is 0.0466. The Morgan fingerprint density at radius 3 is 2.67 bits per heavy atom. The third-order valence-electron chi connectivity index (χ3n) is 6.68. The molecule has 0 aromatic heterocycles. The molecule has 1 heterocycles. The summed E-state index contributed by atoms with van der Waals surface area (Å²) in [4.78, 5) is 38.2. The van der Waals surface area contributed by atoms with Crippen molar-refractivity contribution in [1.82, 2.24) is 5.32 Å². The molecular formula is C32H39NO7. The van der Waals surface area contributed by atoms with E-state index in [1.54, 1.807) is 54.6 Å². The standard InChI is InChI=1S/C32H39NO7/c1-3-4-10-21-38-32(37)33-20-12-18-26-22-27(34)23(2)13-8-9-14-24-17-11-19-28(29(24)31(36)39-26)40-30(35)25-15-6-5-7-16-25/h5-9,11-12,15-17,19-20,23,26-27,34H,3-4,10,13-14,18,21-22H2,1-2H3,(H,33,37)/t23-,26?,27+/m0/s1. The van der Waals surface area contributed by atoms with E-state index in [0.717, 1.165) is 19.3 Å². The van der Waals surface area contributed by atoms with Crippen LogP contribution in [0.15, 0.2) is 73.0 Å². The summed E-state index contributed by atoms with van der Waals surface area (Å²) in [5.74, 6) is -1.17. The van der Waals surface area contributed by atoms with Gasteiger partial charge in [-0.25, -0.2) is 14.4 Å². The first-order valence-electron chi connectivity index (χ1n) is 13.9. The molecule has 2 N–H and O–H groups in total. The number of carbonyl (C=O) groups is 3. The predicted octanol–water partition coefficient (Wildman–Crippen LogP) is 6.14. The summed E-state index contributed by atoms with van der Waals surface area (Å²) in [6.45, 7) is 4.37. The Hall–Kier alpha value is -3.91. The number of amides is 1. The Kier molecular flexibility index (Phi) is 12.4. The molecule has 40 heavy (non-hydrogen) atoms. The van der Waals surface area contributed by atoms with Gasteiger partial charge in [-0.1, -0.05) is 75.2 Å². The highest BCUT2D eigenvalue weighted by Gasteiger charge is 2.27. The van der Waals surface area contributed by atoms with Crippen molar-refractivity contribution < 1.29 is 33.7 Å². The van der Waals surface area contributed by atoms with Gasteiger partial charge in [-0.3, -0.25) is 5.32 Å². The smallest absolute Gasteiger partial charge is 0.411 e. The number of carbonyl (C=O) groups excluding carboxylic acids is 3. The van der Waals surface area contributed by atoms with Crippen LogP contribution in [0.2, 0.25) is 0 Å². The third-order valence-corrected chi connectivity index (χ3v) is 6.68. The average Bonchev–Trinajstić information content (AvgIpc) is 2.95. The Bertz CT molecular complexity index is 1180. The number of alkyl carbamates (subject to hydrolysis) is 1. The van der Waals surface area contributed by atoms with E-state index in [9.17, 15) is 19.5 Å². The third kappa shape index (κ3) is 9.68. The number of aliphatic hydroxyl groups excluding tert-OH is 1. The molecule has 0 aliphatic carbocycles. The second-order valence-electron chi connectivity index (χ2n) is 9.89. The van der Waals surface area contributed by atoms with Gasteiger partial charge in [0.05, 0.1) is 18.3 Å². The van der Waals surface area contributed by atoms with E-state index in [1.807, 2.05) is 19.1 Å². The van der Waals surface area contributed by atoms with Crippen molar-refractivity contribution in [2.45, 2.75) is 71.0 Å². The first-order chi connectivity index (χ1) is 19.4. The molecule has 214 valence electrons. The van der Waals surface area contributed by atoms with Gasteiger partial charge < -0.3 is 19.3 Å². The van der Waals surface area contributed by atoms with Crippen LogP contribution in [0.3, 0.4) is 0 Å². The molecule has 8 heteroatoms. The average molecular weight is 550 g/mol. The largest absolute Gasteiger partial charge is 0.458 e. The molecule has 3 rings (SSSR count). The first-order valence-corrected chi connectivity index (χ1v) is 13.9. The highest BCUT2D eigenvalue weighted by atomic mass is 16.6. The van der Waals surface area contributed by atoms with E-state index in [0.29, 0.717) is 30.6 Å². The lowest BCUT2D eigenvalue weighted by Gasteiger charge is -2.25. The lowest BCUT2D eigenvalue weighted by molar-refractivity contribution is 0.00678. The van der Waals surface area contributed by atoms with Crippen molar-refractivity contribution in [3.63, 3.8) is 0 Å². The van der Waals surface area contributed by atoms with Crippen LogP contribution in [0.5, 0.6) is 5.75 Å². The number of cyclic esters (lactones) is 1. The summed E-state index contributed by atoms with van der Waals surface area (Å²) in [5, 5.41) is 13.3.